The van der Waals surface area contributed by atoms with Crippen LogP contribution >= 0.6 is 0 Å². The minimum Gasteiger partial charge on any atom is -0.491 e. The Morgan fingerprint density at radius 3 is 2.26 bits per heavy atom. The van der Waals surface area contributed by atoms with Crippen molar-refractivity contribution in [2.75, 3.05) is 13.1 Å². The van der Waals surface area contributed by atoms with Gasteiger partial charge in [0.25, 0.3) is 0 Å². The van der Waals surface area contributed by atoms with Gasteiger partial charge in [0.1, 0.15) is 11.4 Å². The number of carbonyl (C=O) groups is 2. The van der Waals surface area contributed by atoms with Crippen LogP contribution in [0.25, 0.3) is 0 Å². The van der Waals surface area contributed by atoms with Gasteiger partial charge >= 0.3 is 6.09 Å². The molecule has 6 nitrogen and oxygen atoms in total. The van der Waals surface area contributed by atoms with Gasteiger partial charge in [-0.15, -0.1) is 0 Å². The van der Waals surface area contributed by atoms with E-state index < -0.39 is 5.60 Å². The molecule has 1 N–H and O–H groups in total. The molecule has 27 heavy (non-hydrogen) atoms. The van der Waals surface area contributed by atoms with Crippen molar-refractivity contribution < 1.29 is 19.1 Å². The topological polar surface area (TPSA) is 67.9 Å². The molecule has 0 atom stereocenters. The van der Waals surface area contributed by atoms with Crippen molar-refractivity contribution in [2.24, 2.45) is 5.92 Å². The minimum atomic E-state index is -0.499. The van der Waals surface area contributed by atoms with E-state index in [4.69, 9.17) is 9.47 Å². The van der Waals surface area contributed by atoms with Gasteiger partial charge in [-0.25, -0.2) is 4.79 Å². The Kier molecular flexibility index (Phi) is 7.11. The van der Waals surface area contributed by atoms with Gasteiger partial charge in [-0.05, 0) is 65.2 Å². The second kappa shape index (κ2) is 9.11. The first-order chi connectivity index (χ1) is 12.6. The van der Waals surface area contributed by atoms with Gasteiger partial charge in [0.05, 0.1) is 6.10 Å². The number of nitrogens with one attached hydrogen (secondary N) is 1. The van der Waals surface area contributed by atoms with Crippen LogP contribution in [-0.2, 0) is 16.1 Å². The first-order valence-electron chi connectivity index (χ1n) is 9.65. The molecule has 1 saturated heterocycles. The fourth-order valence-corrected chi connectivity index (χ4v) is 2.94. The van der Waals surface area contributed by atoms with Gasteiger partial charge in [-0.2, -0.15) is 0 Å². The highest BCUT2D eigenvalue weighted by Crippen LogP contribution is 2.20. The molecule has 0 aromatic heterocycles. The quantitative estimate of drug-likeness (QED) is 0.850. The number of amides is 2. The monoisotopic (exact) mass is 376 g/mol. The molecule has 1 aromatic rings. The summed E-state index contributed by atoms with van der Waals surface area (Å²) in [6.45, 7) is 11.1. The summed E-state index contributed by atoms with van der Waals surface area (Å²) in [5.74, 6) is 0.808. The maximum absolute atomic E-state index is 12.4. The number of likely N-dealkylation sites (tertiary alicyclic amines) is 1. The van der Waals surface area contributed by atoms with Crippen LogP contribution in [0.5, 0.6) is 5.75 Å². The van der Waals surface area contributed by atoms with Gasteiger partial charge in [0, 0.05) is 25.6 Å². The number of hydrogen-bond acceptors (Lipinski definition) is 4. The smallest absolute Gasteiger partial charge is 0.410 e. The second-order valence-electron chi connectivity index (χ2n) is 8.27. The van der Waals surface area contributed by atoms with Crippen molar-refractivity contribution >= 4 is 12.0 Å². The largest absolute Gasteiger partial charge is 0.491 e. The van der Waals surface area contributed by atoms with E-state index in [1.165, 1.54) is 0 Å². The summed E-state index contributed by atoms with van der Waals surface area (Å²) in [7, 11) is 0. The molecular weight excluding hydrogens is 344 g/mol. The van der Waals surface area contributed by atoms with Crippen molar-refractivity contribution in [2.45, 2.75) is 65.7 Å². The van der Waals surface area contributed by atoms with Crippen LogP contribution in [0, 0.1) is 5.92 Å². The molecular formula is C21H32N2O4. The summed E-state index contributed by atoms with van der Waals surface area (Å²) >= 11 is 0. The Morgan fingerprint density at radius 1 is 1.15 bits per heavy atom. The Morgan fingerprint density at radius 2 is 1.74 bits per heavy atom. The fraction of sp³-hybridized carbons (Fsp3) is 0.619. The molecule has 1 fully saturated rings. The Bertz CT molecular complexity index is 627. The van der Waals surface area contributed by atoms with Crippen LogP contribution in [0.4, 0.5) is 4.79 Å². The zero-order valence-corrected chi connectivity index (χ0v) is 17.1. The van der Waals surface area contributed by atoms with E-state index in [1.54, 1.807) is 4.90 Å². The Balaban J connectivity index is 1.75. The highest BCUT2D eigenvalue weighted by atomic mass is 16.6. The predicted molar refractivity (Wildman–Crippen MR) is 105 cm³/mol. The van der Waals surface area contributed by atoms with Crippen LogP contribution in [0.1, 0.15) is 53.0 Å². The third-order valence-corrected chi connectivity index (χ3v) is 4.28. The molecule has 0 radical (unpaired) electrons. The molecule has 0 aliphatic carbocycles. The lowest BCUT2D eigenvalue weighted by Gasteiger charge is -2.32. The van der Waals surface area contributed by atoms with E-state index in [0.717, 1.165) is 11.3 Å². The maximum atomic E-state index is 12.4. The van der Waals surface area contributed by atoms with Crippen LogP contribution in [-0.4, -0.2) is 41.7 Å². The number of nitrogens with zero attached hydrogens (tertiary/aromatic N) is 1. The third kappa shape index (κ3) is 7.12. The highest BCUT2D eigenvalue weighted by molar-refractivity contribution is 5.79. The van der Waals surface area contributed by atoms with Crippen molar-refractivity contribution in [3.63, 3.8) is 0 Å². The molecule has 1 aliphatic rings. The maximum Gasteiger partial charge on any atom is 0.410 e. The molecule has 150 valence electrons. The molecule has 1 aliphatic heterocycles. The van der Waals surface area contributed by atoms with Crippen molar-refractivity contribution in [1.82, 2.24) is 10.2 Å². The third-order valence-electron chi connectivity index (χ3n) is 4.28. The lowest BCUT2D eigenvalue weighted by molar-refractivity contribution is -0.126. The van der Waals surface area contributed by atoms with Crippen molar-refractivity contribution in [3.8, 4) is 5.75 Å². The van der Waals surface area contributed by atoms with E-state index >= 15 is 0 Å². The first kappa shape index (κ1) is 21.1. The molecule has 1 heterocycles. The normalized spacial score (nSPS) is 15.6. The van der Waals surface area contributed by atoms with E-state index in [0.29, 0.717) is 32.5 Å². The number of piperidine rings is 1. The van der Waals surface area contributed by atoms with E-state index in [-0.39, 0.29) is 24.0 Å². The second-order valence-corrected chi connectivity index (χ2v) is 8.27. The molecule has 0 bridgehead atoms. The first-order valence-corrected chi connectivity index (χ1v) is 9.65. The Labute approximate surface area is 162 Å². The number of benzene rings is 1. The van der Waals surface area contributed by atoms with Crippen molar-refractivity contribution in [1.29, 1.82) is 0 Å². The number of hydrogen-bond donors (Lipinski definition) is 1. The zero-order chi connectivity index (χ0) is 20.0. The molecule has 0 spiro atoms. The summed E-state index contributed by atoms with van der Waals surface area (Å²) in [4.78, 5) is 26.2. The van der Waals surface area contributed by atoms with Crippen LogP contribution < -0.4 is 10.1 Å². The van der Waals surface area contributed by atoms with Gasteiger partial charge < -0.3 is 19.7 Å². The number of rotatable bonds is 5. The summed E-state index contributed by atoms with van der Waals surface area (Å²) in [6.07, 6.45) is 1.16. The summed E-state index contributed by atoms with van der Waals surface area (Å²) < 4.78 is 11.0. The fourth-order valence-electron chi connectivity index (χ4n) is 2.94. The van der Waals surface area contributed by atoms with E-state index in [9.17, 15) is 9.59 Å². The summed E-state index contributed by atoms with van der Waals surface area (Å²) in [5, 5.41) is 3.00. The lowest BCUT2D eigenvalue weighted by Crippen LogP contribution is -2.44. The summed E-state index contributed by atoms with van der Waals surface area (Å²) in [5.41, 5.74) is 0.534. The lowest BCUT2D eigenvalue weighted by atomic mass is 9.96. The molecule has 6 heteroatoms. The van der Waals surface area contributed by atoms with Crippen LogP contribution in [0.3, 0.4) is 0 Å². The minimum absolute atomic E-state index is 0.0429. The van der Waals surface area contributed by atoms with Crippen LogP contribution in [0.15, 0.2) is 24.3 Å². The average Bonchev–Trinajstić information content (AvgIpc) is 2.59. The summed E-state index contributed by atoms with van der Waals surface area (Å²) in [6, 6.07) is 7.76. The van der Waals surface area contributed by atoms with Gasteiger partial charge in [-0.3, -0.25) is 4.79 Å². The van der Waals surface area contributed by atoms with Crippen LogP contribution in [0.2, 0.25) is 0 Å². The standard InChI is InChI=1S/C21H32N2O4/c1-15(2)26-18-8-6-16(7-9-18)14-22-19(24)17-10-12-23(13-11-17)20(25)27-21(3,4)5/h6-9,15,17H,10-14H2,1-5H3,(H,22,24). The van der Waals surface area contributed by atoms with E-state index in [1.807, 2.05) is 58.9 Å². The average molecular weight is 376 g/mol. The molecule has 2 rings (SSSR count). The molecule has 2 amide bonds. The Hall–Kier alpha value is -2.24. The van der Waals surface area contributed by atoms with Gasteiger partial charge in [-0.1, -0.05) is 12.1 Å². The van der Waals surface area contributed by atoms with Gasteiger partial charge in [0.2, 0.25) is 5.91 Å². The molecule has 1 aromatic carbocycles. The number of carbonyl (C=O) groups excluding carboxylic acids is 2. The molecule has 0 saturated carbocycles. The number of ether oxygens (including phenoxy) is 2. The zero-order valence-electron chi connectivity index (χ0n) is 17.1. The molecule has 0 unspecified atom stereocenters. The SMILES string of the molecule is CC(C)Oc1ccc(CNC(=O)C2CCN(C(=O)OC(C)(C)C)CC2)cc1. The highest BCUT2D eigenvalue weighted by Gasteiger charge is 2.29. The van der Waals surface area contributed by atoms with E-state index in [2.05, 4.69) is 5.32 Å². The predicted octanol–water partition coefficient (Wildman–Crippen LogP) is 3.74. The van der Waals surface area contributed by atoms with Gasteiger partial charge in [0.15, 0.2) is 0 Å². The van der Waals surface area contributed by atoms with Crippen molar-refractivity contribution in [3.05, 3.63) is 29.8 Å².